The number of ether oxygens (including phenoxy) is 3. The number of fused-ring (bicyclic) bond motifs is 1. The number of oxime groups is 1. The second-order valence-corrected chi connectivity index (χ2v) is 15.2. The number of hydrogen-bond donors (Lipinski definition) is 2. The van der Waals surface area contributed by atoms with Gasteiger partial charge in [-0.15, -0.1) is 0 Å². The highest BCUT2D eigenvalue weighted by molar-refractivity contribution is 9.10. The number of amides is 1. The highest BCUT2D eigenvalue weighted by atomic mass is 79.9. The van der Waals surface area contributed by atoms with E-state index in [4.69, 9.17) is 14.2 Å². The van der Waals surface area contributed by atoms with E-state index in [2.05, 4.69) is 51.0 Å². The summed E-state index contributed by atoms with van der Waals surface area (Å²) < 4.78 is 32.9. The Morgan fingerprint density at radius 1 is 1.29 bits per heavy atom. The fourth-order valence-corrected chi connectivity index (χ4v) is 4.17. The number of carbonyl (C=O) groups excluding carboxylic acids is 1. The summed E-state index contributed by atoms with van der Waals surface area (Å²) in [5, 5.41) is 14.9. The normalized spacial score (nSPS) is 12.1. The summed E-state index contributed by atoms with van der Waals surface area (Å²) >= 11 is 3.12. The van der Waals surface area contributed by atoms with E-state index in [0.29, 0.717) is 34.8 Å². The Morgan fingerprint density at radius 2 is 2.06 bits per heavy atom. The first-order valence-corrected chi connectivity index (χ1v) is 15.5. The van der Waals surface area contributed by atoms with Gasteiger partial charge in [-0.2, -0.15) is 0 Å². The molecule has 0 spiro atoms. The molecule has 0 bridgehead atoms. The molecule has 0 saturated heterocycles. The van der Waals surface area contributed by atoms with Crippen LogP contribution in [0.5, 0.6) is 11.6 Å². The van der Waals surface area contributed by atoms with Crippen LogP contribution in [0.15, 0.2) is 46.2 Å². The molecule has 188 valence electrons. The van der Waals surface area contributed by atoms with Crippen molar-refractivity contribution >= 4 is 47.0 Å². The fourth-order valence-electron chi connectivity index (χ4n) is 3.10. The van der Waals surface area contributed by atoms with Crippen LogP contribution in [-0.4, -0.2) is 48.0 Å². The summed E-state index contributed by atoms with van der Waals surface area (Å²) in [6, 6.07) is 10.6. The van der Waals surface area contributed by atoms with Gasteiger partial charge in [0.25, 0.3) is 0 Å². The highest BCUT2D eigenvalue weighted by Crippen LogP contribution is 2.31. The van der Waals surface area contributed by atoms with Crippen molar-refractivity contribution in [3.63, 3.8) is 0 Å². The van der Waals surface area contributed by atoms with Gasteiger partial charge in [0.2, 0.25) is 5.88 Å². The number of rotatable bonds is 9. The number of alkyl carbamates (subject to hydrolysis) is 1. The number of nitrogens with one attached hydrogen (secondary N) is 1. The van der Waals surface area contributed by atoms with Crippen LogP contribution in [0.25, 0.3) is 11.0 Å². The van der Waals surface area contributed by atoms with Gasteiger partial charge in [-0.05, 0) is 41.0 Å². The summed E-state index contributed by atoms with van der Waals surface area (Å²) in [5.74, 6) is 0.175. The van der Waals surface area contributed by atoms with Crippen molar-refractivity contribution in [1.29, 1.82) is 0 Å². The van der Waals surface area contributed by atoms with Crippen molar-refractivity contribution in [1.82, 2.24) is 14.9 Å². The van der Waals surface area contributed by atoms with Gasteiger partial charge in [-0.3, -0.25) is 9.88 Å². The number of halogens is 2. The van der Waals surface area contributed by atoms with E-state index in [1.165, 1.54) is 6.07 Å². The van der Waals surface area contributed by atoms with E-state index in [1.54, 1.807) is 41.8 Å². The molecule has 2 N–H and O–H groups in total. The zero-order valence-electron chi connectivity index (χ0n) is 20.0. The minimum atomic E-state index is -1.28. The van der Waals surface area contributed by atoms with Crippen LogP contribution in [0.1, 0.15) is 12.5 Å². The molecule has 0 unspecified atom stereocenters. The first-order chi connectivity index (χ1) is 16.6. The Morgan fingerprint density at radius 3 is 2.74 bits per heavy atom. The molecule has 12 heteroatoms. The minimum absolute atomic E-state index is 0.100. The number of carbonyl (C=O) groups is 1. The van der Waals surface area contributed by atoms with Crippen LogP contribution in [0.3, 0.4) is 0 Å². The smallest absolute Gasteiger partial charge is 0.412 e. The van der Waals surface area contributed by atoms with Gasteiger partial charge in [0, 0.05) is 32.4 Å². The maximum Gasteiger partial charge on any atom is 0.412 e. The number of benzene rings is 1. The predicted octanol–water partition coefficient (Wildman–Crippen LogP) is 5.92. The van der Waals surface area contributed by atoms with Crippen molar-refractivity contribution < 1.29 is 28.6 Å². The first-order valence-electron chi connectivity index (χ1n) is 11.0. The number of amidine groups is 1. The van der Waals surface area contributed by atoms with Crippen LogP contribution in [-0.2, 0) is 16.2 Å². The Labute approximate surface area is 212 Å². The van der Waals surface area contributed by atoms with E-state index in [-0.39, 0.29) is 23.8 Å². The van der Waals surface area contributed by atoms with Crippen LogP contribution >= 0.6 is 15.9 Å². The average Bonchev–Trinajstić information content (AvgIpc) is 3.10. The minimum Gasteiger partial charge on any atom is -0.450 e. The molecule has 0 aliphatic carbocycles. The van der Waals surface area contributed by atoms with Gasteiger partial charge in [-0.25, -0.2) is 14.2 Å². The zero-order valence-corrected chi connectivity index (χ0v) is 22.6. The Balaban J connectivity index is 1.89. The number of aromatic nitrogens is 2. The lowest BCUT2D eigenvalue weighted by Crippen LogP contribution is -2.31. The molecular formula is C23H28BrFN4O5Si. The summed E-state index contributed by atoms with van der Waals surface area (Å²) in [6.45, 7) is 9.35. The molecule has 3 aromatic rings. The fraction of sp³-hybridized carbons (Fsp3) is 0.348. The Bertz CT molecular complexity index is 1230. The maximum atomic E-state index is 14.3. The van der Waals surface area contributed by atoms with Crippen molar-refractivity contribution in [2.24, 2.45) is 5.16 Å². The molecule has 3 rings (SSSR count). The number of pyridine rings is 1. The summed E-state index contributed by atoms with van der Waals surface area (Å²) in [7, 11) is -1.28. The van der Waals surface area contributed by atoms with Crippen LogP contribution in [0.4, 0.5) is 9.18 Å². The van der Waals surface area contributed by atoms with E-state index < -0.39 is 20.0 Å². The number of nitrogens with zero attached hydrogens (tertiary/aromatic N) is 3. The van der Waals surface area contributed by atoms with Crippen molar-refractivity contribution in [2.45, 2.75) is 39.3 Å². The van der Waals surface area contributed by atoms with Gasteiger partial charge >= 0.3 is 6.09 Å². The topological polar surface area (TPSA) is 107 Å². The molecular weight excluding hydrogens is 539 g/mol. The molecule has 2 heterocycles. The van der Waals surface area contributed by atoms with Gasteiger partial charge in [-0.1, -0.05) is 36.9 Å². The third kappa shape index (κ3) is 7.26. The quantitative estimate of drug-likeness (QED) is 0.0632. The third-order valence-corrected chi connectivity index (χ3v) is 7.16. The lowest BCUT2D eigenvalue weighted by Gasteiger charge is -2.17. The molecule has 0 aliphatic rings. The Hall–Kier alpha value is -2.96. The zero-order chi connectivity index (χ0) is 25.6. The molecule has 1 aromatic carbocycles. The molecule has 1 amide bonds. The lowest BCUT2D eigenvalue weighted by molar-refractivity contribution is 0.0858. The van der Waals surface area contributed by atoms with Crippen LogP contribution in [0.2, 0.25) is 25.7 Å². The molecule has 0 fully saturated rings. The number of hydrogen-bond acceptors (Lipinski definition) is 7. The average molecular weight is 567 g/mol. The molecule has 9 nitrogen and oxygen atoms in total. The second-order valence-electron chi connectivity index (χ2n) is 8.85. The van der Waals surface area contributed by atoms with Gasteiger partial charge in [0.05, 0.1) is 17.6 Å². The summed E-state index contributed by atoms with van der Waals surface area (Å²) in [4.78, 5) is 16.0. The van der Waals surface area contributed by atoms with Crippen LogP contribution < -0.4 is 10.1 Å². The predicted molar refractivity (Wildman–Crippen MR) is 136 cm³/mol. The van der Waals surface area contributed by atoms with E-state index >= 15 is 0 Å². The SMILES string of the molecule is CCOC(=O)N/C(=N\O)c1cccc(Oc2cc3nc(Br)c(F)cc3n2COCC[Si](C)(C)C)c1. The van der Waals surface area contributed by atoms with E-state index in [9.17, 15) is 14.4 Å². The maximum absolute atomic E-state index is 14.3. The third-order valence-electron chi connectivity index (χ3n) is 4.90. The Kier molecular flexibility index (Phi) is 8.86. The molecule has 0 aliphatic heterocycles. The standard InChI is InChI=1S/C23H28BrFN4O5Si/c1-5-33-23(30)27-22(28-31)15-7-6-8-16(11-15)34-20-13-18-19(12-17(25)21(24)26-18)29(20)14-32-9-10-35(2,3)4/h6-8,11-13,31H,5,9-10,14H2,1-4H3,(H,27,28,30). The van der Waals surface area contributed by atoms with Gasteiger partial charge < -0.3 is 19.4 Å². The van der Waals surface area contributed by atoms with Gasteiger partial charge in [0.15, 0.2) is 11.7 Å². The van der Waals surface area contributed by atoms with Crippen molar-refractivity contribution in [3.8, 4) is 11.6 Å². The van der Waals surface area contributed by atoms with Gasteiger partial charge in [0.1, 0.15) is 17.1 Å². The van der Waals surface area contributed by atoms with Crippen LogP contribution in [0, 0.1) is 5.82 Å². The molecule has 0 radical (unpaired) electrons. The largest absolute Gasteiger partial charge is 0.450 e. The first kappa shape index (κ1) is 26.6. The molecule has 35 heavy (non-hydrogen) atoms. The van der Waals surface area contributed by atoms with Crippen molar-refractivity contribution in [3.05, 3.63) is 52.4 Å². The molecule has 0 atom stereocenters. The van der Waals surface area contributed by atoms with E-state index in [0.717, 1.165) is 6.04 Å². The van der Waals surface area contributed by atoms with E-state index in [1.807, 2.05) is 0 Å². The lowest BCUT2D eigenvalue weighted by atomic mass is 10.2. The second kappa shape index (κ2) is 11.6. The van der Waals surface area contributed by atoms with Crippen molar-refractivity contribution in [2.75, 3.05) is 13.2 Å². The molecule has 2 aromatic heterocycles. The summed E-state index contributed by atoms with van der Waals surface area (Å²) in [6.07, 6.45) is -0.749. The summed E-state index contributed by atoms with van der Waals surface area (Å²) in [5.41, 5.74) is 1.44. The molecule has 0 saturated carbocycles. The monoisotopic (exact) mass is 566 g/mol. The highest BCUT2D eigenvalue weighted by Gasteiger charge is 2.17.